The zero-order chi connectivity index (χ0) is 18.6. The Morgan fingerprint density at radius 1 is 1.12 bits per heavy atom. The van der Waals surface area contributed by atoms with Crippen LogP contribution in [0.4, 0.5) is 0 Å². The van der Waals surface area contributed by atoms with Crippen molar-refractivity contribution in [1.29, 1.82) is 5.41 Å². The van der Waals surface area contributed by atoms with E-state index >= 15 is 0 Å². The summed E-state index contributed by atoms with van der Waals surface area (Å²) in [6, 6.07) is 12.2. The van der Waals surface area contributed by atoms with Gasteiger partial charge < -0.3 is 5.32 Å². The predicted molar refractivity (Wildman–Crippen MR) is 101 cm³/mol. The summed E-state index contributed by atoms with van der Waals surface area (Å²) in [5, 5.41) is 12.0. The fraction of sp³-hybridized carbons (Fsp3) is 0.105. The fourth-order valence-corrected chi connectivity index (χ4v) is 3.55. The monoisotopic (exact) mass is 368 g/mol. The van der Waals surface area contributed by atoms with Gasteiger partial charge in [0.05, 0.1) is 11.4 Å². The third-order valence-corrected chi connectivity index (χ3v) is 5.29. The molecule has 0 aromatic heterocycles. The molecule has 3 rings (SSSR count). The van der Waals surface area contributed by atoms with Crippen LogP contribution in [0.15, 0.2) is 71.2 Å². The maximum absolute atomic E-state index is 12.4. The fourth-order valence-electron chi connectivity index (χ4n) is 2.53. The highest BCUT2D eigenvalue weighted by Crippen LogP contribution is 2.18. The molecule has 2 aromatic carbocycles. The van der Waals surface area contributed by atoms with Crippen molar-refractivity contribution in [2.75, 3.05) is 6.54 Å². The summed E-state index contributed by atoms with van der Waals surface area (Å²) in [6.07, 6.45) is 7.95. The molecule has 1 aliphatic rings. The quantitative estimate of drug-likeness (QED) is 0.558. The van der Waals surface area contributed by atoms with Crippen LogP contribution in [-0.2, 0) is 14.8 Å². The van der Waals surface area contributed by atoms with Crippen LogP contribution in [0.5, 0.6) is 0 Å². The van der Waals surface area contributed by atoms with E-state index in [-0.39, 0.29) is 10.7 Å². The first kappa shape index (κ1) is 18.0. The molecule has 26 heavy (non-hydrogen) atoms. The number of hydrogen-bond acceptors (Lipinski definition) is 4. The lowest BCUT2D eigenvalue weighted by molar-refractivity contribution is -0.118. The lowest BCUT2D eigenvalue weighted by atomic mass is 10.0. The Labute approximate surface area is 152 Å². The van der Waals surface area contributed by atoms with Crippen molar-refractivity contribution >= 4 is 32.5 Å². The molecule has 0 saturated heterocycles. The van der Waals surface area contributed by atoms with Crippen molar-refractivity contribution in [1.82, 2.24) is 10.0 Å². The number of sulfonamides is 1. The second-order valence-corrected chi connectivity index (χ2v) is 7.51. The Balaban J connectivity index is 1.63. The van der Waals surface area contributed by atoms with E-state index in [1.807, 2.05) is 36.8 Å². The number of carbonyl (C=O) groups is 1. The van der Waals surface area contributed by atoms with Crippen LogP contribution in [0, 0.1) is 11.8 Å². The average Bonchev–Trinajstić information content (AvgIpc) is 2.67. The lowest BCUT2D eigenvalue weighted by Gasteiger charge is -2.12. The van der Waals surface area contributed by atoms with Gasteiger partial charge in [0, 0.05) is 0 Å². The van der Waals surface area contributed by atoms with Crippen molar-refractivity contribution in [2.24, 2.45) is 0 Å². The van der Waals surface area contributed by atoms with Crippen molar-refractivity contribution < 1.29 is 13.2 Å². The highest BCUT2D eigenvalue weighted by atomic mass is 32.2. The molecule has 1 amide bonds. The topological polar surface area (TPSA) is 99.1 Å². The normalized spacial score (nSPS) is 14.1. The predicted octanol–water partition coefficient (Wildman–Crippen LogP) is 2.30. The van der Waals surface area contributed by atoms with E-state index < -0.39 is 22.5 Å². The largest absolute Gasteiger partial charge is 0.310 e. The van der Waals surface area contributed by atoms with E-state index in [1.165, 1.54) is 6.07 Å². The molecule has 0 spiro atoms. The Hall–Kier alpha value is -2.77. The molecular weight excluding hydrogens is 350 g/mol. The Morgan fingerprint density at radius 2 is 1.88 bits per heavy atom. The van der Waals surface area contributed by atoms with Crippen LogP contribution in [0.1, 0.15) is 6.42 Å². The number of hydrogen-bond donors (Lipinski definition) is 3. The first-order valence-corrected chi connectivity index (χ1v) is 9.51. The summed E-state index contributed by atoms with van der Waals surface area (Å²) < 4.78 is 27.1. The first-order valence-electron chi connectivity index (χ1n) is 8.03. The van der Waals surface area contributed by atoms with Gasteiger partial charge in [0.25, 0.3) is 0 Å². The summed E-state index contributed by atoms with van der Waals surface area (Å²) in [4.78, 5) is 12.0. The van der Waals surface area contributed by atoms with Gasteiger partial charge in [0.15, 0.2) is 0 Å². The molecule has 7 heteroatoms. The van der Waals surface area contributed by atoms with E-state index in [0.717, 1.165) is 10.8 Å². The van der Waals surface area contributed by atoms with E-state index in [4.69, 9.17) is 5.41 Å². The van der Waals surface area contributed by atoms with Gasteiger partial charge in [-0.25, -0.2) is 13.1 Å². The third kappa shape index (κ3) is 4.25. The molecule has 6 nitrogen and oxygen atoms in total. The molecule has 1 aliphatic carbocycles. The second-order valence-electron chi connectivity index (χ2n) is 5.75. The minimum Gasteiger partial charge on any atom is -0.310 e. The zero-order valence-electron chi connectivity index (χ0n) is 13.9. The van der Waals surface area contributed by atoms with Gasteiger partial charge in [-0.15, -0.1) is 0 Å². The van der Waals surface area contributed by atoms with Crippen LogP contribution < -0.4 is 10.0 Å². The van der Waals surface area contributed by atoms with E-state index in [2.05, 4.69) is 10.0 Å². The molecule has 2 aromatic rings. The molecule has 0 bridgehead atoms. The Morgan fingerprint density at radius 3 is 2.62 bits per heavy atom. The van der Waals surface area contributed by atoms with Crippen molar-refractivity contribution in [3.8, 4) is 0 Å². The van der Waals surface area contributed by atoms with Crippen molar-refractivity contribution in [2.45, 2.75) is 11.3 Å². The maximum Gasteiger partial charge on any atom is 0.241 e. The standard InChI is InChI=1S/C19H18N3O3S/c20-19(15-7-2-1-3-8-15)22-18(23)13-21-26(24,25)17-11-10-14-6-4-5-9-16(14)12-17/h1-2,4-12,21H,3,13H2,(H2,20,22,23). The van der Waals surface area contributed by atoms with E-state index in [1.54, 1.807) is 24.3 Å². The number of benzene rings is 2. The summed E-state index contributed by atoms with van der Waals surface area (Å²) in [6.45, 7) is -0.444. The van der Waals surface area contributed by atoms with Crippen molar-refractivity contribution in [3.63, 3.8) is 0 Å². The van der Waals surface area contributed by atoms with Gasteiger partial charge in [-0.2, -0.15) is 0 Å². The lowest BCUT2D eigenvalue weighted by Crippen LogP contribution is -2.40. The smallest absolute Gasteiger partial charge is 0.241 e. The average molecular weight is 368 g/mol. The summed E-state index contributed by atoms with van der Waals surface area (Å²) >= 11 is 0. The number of amides is 1. The summed E-state index contributed by atoms with van der Waals surface area (Å²) in [5.74, 6) is -0.646. The molecule has 0 fully saturated rings. The van der Waals surface area contributed by atoms with E-state index in [0.29, 0.717) is 12.0 Å². The molecular formula is C19H18N3O3S. The van der Waals surface area contributed by atoms with E-state index in [9.17, 15) is 13.2 Å². The summed E-state index contributed by atoms with van der Waals surface area (Å²) in [7, 11) is -3.82. The molecule has 1 radical (unpaired) electrons. The van der Waals surface area contributed by atoms with Crippen LogP contribution >= 0.6 is 0 Å². The van der Waals surface area contributed by atoms with Crippen LogP contribution in [0.25, 0.3) is 10.8 Å². The molecule has 0 heterocycles. The molecule has 3 N–H and O–H groups in total. The number of rotatable bonds is 5. The van der Waals surface area contributed by atoms with Gasteiger partial charge in [-0.1, -0.05) is 48.6 Å². The third-order valence-electron chi connectivity index (χ3n) is 3.89. The van der Waals surface area contributed by atoms with Crippen molar-refractivity contribution in [3.05, 3.63) is 72.7 Å². The first-order chi connectivity index (χ1) is 12.5. The second kappa shape index (κ2) is 7.63. The number of carbonyl (C=O) groups excluding carboxylic acids is 1. The number of nitrogens with one attached hydrogen (secondary N) is 3. The van der Waals surface area contributed by atoms with Crippen LogP contribution in [-0.4, -0.2) is 26.7 Å². The van der Waals surface area contributed by atoms with Gasteiger partial charge in [-0.05, 0) is 41.3 Å². The molecule has 0 saturated carbocycles. The van der Waals surface area contributed by atoms with Gasteiger partial charge >= 0.3 is 0 Å². The SMILES string of the molecule is N=C(NC(=O)CNS(=O)(=O)c1ccc2ccccc2c1)C1=CC=CC[CH]1. The Bertz CT molecular complexity index is 1020. The number of amidine groups is 1. The highest BCUT2D eigenvalue weighted by Gasteiger charge is 2.17. The van der Waals surface area contributed by atoms with Gasteiger partial charge in [-0.3, -0.25) is 10.2 Å². The maximum atomic E-state index is 12.4. The summed E-state index contributed by atoms with van der Waals surface area (Å²) in [5.41, 5.74) is 0.596. The Kier molecular flexibility index (Phi) is 5.29. The molecule has 0 atom stereocenters. The number of fused-ring (bicyclic) bond motifs is 1. The van der Waals surface area contributed by atoms with Gasteiger partial charge in [0.2, 0.25) is 15.9 Å². The van der Waals surface area contributed by atoms with Gasteiger partial charge in [0.1, 0.15) is 5.84 Å². The molecule has 0 unspecified atom stereocenters. The van der Waals surface area contributed by atoms with Crippen LogP contribution in [0.3, 0.4) is 0 Å². The minimum absolute atomic E-state index is 0.0516. The van der Waals surface area contributed by atoms with Crippen LogP contribution in [0.2, 0.25) is 0 Å². The molecule has 0 aliphatic heterocycles. The number of allylic oxidation sites excluding steroid dienone is 3. The zero-order valence-corrected chi connectivity index (χ0v) is 14.7. The minimum atomic E-state index is -3.82. The highest BCUT2D eigenvalue weighted by molar-refractivity contribution is 7.89. The molecule has 133 valence electrons.